The molecule has 0 fully saturated rings. The fraction of sp³-hybridized carbons (Fsp3) is 0.571. The minimum atomic E-state index is -2.85. The van der Waals surface area contributed by atoms with Gasteiger partial charge in [0.15, 0.2) is 0 Å². The summed E-state index contributed by atoms with van der Waals surface area (Å²) in [5, 5.41) is 12.5. The molecular formula is C14H20ClF2NO2. The van der Waals surface area contributed by atoms with Gasteiger partial charge < -0.3 is 15.2 Å². The minimum absolute atomic E-state index is 0.139. The minimum Gasteiger partial charge on any atom is -0.434 e. The Morgan fingerprint density at radius 3 is 2.80 bits per heavy atom. The molecule has 0 spiro atoms. The number of benzene rings is 1. The number of hydrogen-bond donors (Lipinski definition) is 2. The lowest BCUT2D eigenvalue weighted by Gasteiger charge is -2.12. The van der Waals surface area contributed by atoms with Crippen LogP contribution in [-0.2, 0) is 6.54 Å². The van der Waals surface area contributed by atoms with E-state index >= 15 is 0 Å². The van der Waals surface area contributed by atoms with E-state index in [0.29, 0.717) is 17.1 Å². The molecule has 114 valence electrons. The number of aliphatic hydroxyl groups is 1. The SMILES string of the molecule is CC(CO)CCCNCc1cc(Cl)ccc1OC(F)F. The first-order valence-electron chi connectivity index (χ1n) is 6.57. The van der Waals surface area contributed by atoms with Crippen LogP contribution in [0, 0.1) is 5.92 Å². The van der Waals surface area contributed by atoms with Gasteiger partial charge in [-0.25, -0.2) is 0 Å². The number of hydrogen-bond acceptors (Lipinski definition) is 3. The highest BCUT2D eigenvalue weighted by molar-refractivity contribution is 6.30. The van der Waals surface area contributed by atoms with Crippen molar-refractivity contribution >= 4 is 11.6 Å². The first-order valence-corrected chi connectivity index (χ1v) is 6.95. The predicted molar refractivity (Wildman–Crippen MR) is 75.3 cm³/mol. The molecule has 0 aromatic heterocycles. The van der Waals surface area contributed by atoms with Crippen LogP contribution in [0.15, 0.2) is 18.2 Å². The Hall–Kier alpha value is -0.910. The van der Waals surface area contributed by atoms with Crippen molar-refractivity contribution in [3.05, 3.63) is 28.8 Å². The molecule has 0 saturated carbocycles. The highest BCUT2D eigenvalue weighted by Gasteiger charge is 2.10. The third-order valence-electron chi connectivity index (χ3n) is 2.92. The first kappa shape index (κ1) is 17.1. The second kappa shape index (κ2) is 9.10. The van der Waals surface area contributed by atoms with Crippen molar-refractivity contribution in [2.24, 2.45) is 5.92 Å². The normalized spacial score (nSPS) is 12.7. The molecule has 0 amide bonds. The molecule has 20 heavy (non-hydrogen) atoms. The van der Waals surface area contributed by atoms with Crippen molar-refractivity contribution in [3.63, 3.8) is 0 Å². The van der Waals surface area contributed by atoms with E-state index in [2.05, 4.69) is 10.1 Å². The van der Waals surface area contributed by atoms with E-state index in [4.69, 9.17) is 16.7 Å². The molecule has 1 atom stereocenters. The van der Waals surface area contributed by atoms with Crippen LogP contribution in [0.3, 0.4) is 0 Å². The number of alkyl halides is 2. The molecule has 2 N–H and O–H groups in total. The number of aliphatic hydroxyl groups excluding tert-OH is 1. The first-order chi connectivity index (χ1) is 9.52. The van der Waals surface area contributed by atoms with Crippen molar-refractivity contribution in [3.8, 4) is 5.75 Å². The summed E-state index contributed by atoms with van der Waals surface area (Å²) in [6.45, 7) is 0.466. The van der Waals surface area contributed by atoms with Crippen LogP contribution in [0.4, 0.5) is 8.78 Å². The maximum atomic E-state index is 12.3. The van der Waals surface area contributed by atoms with E-state index in [1.54, 1.807) is 6.07 Å². The quantitative estimate of drug-likeness (QED) is 0.687. The molecule has 0 heterocycles. The molecule has 0 radical (unpaired) electrons. The molecular weight excluding hydrogens is 288 g/mol. The summed E-state index contributed by atoms with van der Waals surface area (Å²) in [5.41, 5.74) is 0.605. The summed E-state index contributed by atoms with van der Waals surface area (Å²) >= 11 is 5.86. The molecule has 0 saturated heterocycles. The second-order valence-electron chi connectivity index (χ2n) is 4.74. The van der Waals surface area contributed by atoms with Crippen LogP contribution < -0.4 is 10.1 Å². The van der Waals surface area contributed by atoms with Crippen molar-refractivity contribution in [2.45, 2.75) is 32.9 Å². The molecule has 0 aliphatic heterocycles. The Balaban J connectivity index is 2.43. The van der Waals surface area contributed by atoms with Gasteiger partial charge in [-0.05, 0) is 43.5 Å². The molecule has 1 rings (SSSR count). The number of ether oxygens (including phenoxy) is 1. The van der Waals surface area contributed by atoms with Crippen molar-refractivity contribution in [1.82, 2.24) is 5.32 Å². The average molecular weight is 308 g/mol. The van der Waals surface area contributed by atoms with Crippen LogP contribution in [0.2, 0.25) is 5.02 Å². The smallest absolute Gasteiger partial charge is 0.387 e. The fourth-order valence-corrected chi connectivity index (χ4v) is 1.98. The third-order valence-corrected chi connectivity index (χ3v) is 3.15. The molecule has 0 aliphatic carbocycles. The second-order valence-corrected chi connectivity index (χ2v) is 5.17. The summed E-state index contributed by atoms with van der Waals surface area (Å²) in [4.78, 5) is 0. The monoisotopic (exact) mass is 307 g/mol. The standard InChI is InChI=1S/C14H20ClF2NO2/c1-10(9-19)3-2-6-18-8-11-7-12(15)4-5-13(11)20-14(16)17/h4-5,7,10,14,18-19H,2-3,6,8-9H2,1H3. The summed E-state index contributed by atoms with van der Waals surface area (Å²) in [6.07, 6.45) is 1.83. The van der Waals surface area contributed by atoms with Gasteiger partial charge in [-0.3, -0.25) is 0 Å². The van der Waals surface area contributed by atoms with Gasteiger partial charge in [0.2, 0.25) is 0 Å². The largest absolute Gasteiger partial charge is 0.434 e. The van der Waals surface area contributed by atoms with Gasteiger partial charge in [0.1, 0.15) is 5.75 Å². The number of halogens is 3. The zero-order valence-corrected chi connectivity index (χ0v) is 12.2. The Morgan fingerprint density at radius 2 is 2.15 bits per heavy atom. The number of rotatable bonds is 9. The van der Waals surface area contributed by atoms with Gasteiger partial charge in [0, 0.05) is 23.7 Å². The van der Waals surface area contributed by atoms with Crippen molar-refractivity contribution in [2.75, 3.05) is 13.2 Å². The third kappa shape index (κ3) is 6.50. The highest BCUT2D eigenvalue weighted by atomic mass is 35.5. The van der Waals surface area contributed by atoms with Gasteiger partial charge in [-0.1, -0.05) is 18.5 Å². The average Bonchev–Trinajstić information content (AvgIpc) is 2.40. The molecule has 3 nitrogen and oxygen atoms in total. The Bertz CT molecular complexity index is 405. The van der Waals surface area contributed by atoms with E-state index in [1.807, 2.05) is 6.92 Å². The van der Waals surface area contributed by atoms with Gasteiger partial charge in [0.25, 0.3) is 0 Å². The van der Waals surface area contributed by atoms with Crippen LogP contribution in [-0.4, -0.2) is 24.9 Å². The maximum Gasteiger partial charge on any atom is 0.387 e. The Morgan fingerprint density at radius 1 is 1.40 bits per heavy atom. The van der Waals surface area contributed by atoms with E-state index in [9.17, 15) is 8.78 Å². The lowest BCUT2D eigenvalue weighted by Crippen LogP contribution is -2.17. The van der Waals surface area contributed by atoms with Crippen LogP contribution >= 0.6 is 11.6 Å². The molecule has 0 bridgehead atoms. The maximum absolute atomic E-state index is 12.3. The molecule has 1 aromatic carbocycles. The lowest BCUT2D eigenvalue weighted by atomic mass is 10.1. The summed E-state index contributed by atoms with van der Waals surface area (Å²) in [7, 11) is 0. The van der Waals surface area contributed by atoms with E-state index < -0.39 is 6.61 Å². The van der Waals surface area contributed by atoms with Crippen LogP contribution in [0.1, 0.15) is 25.3 Å². The fourth-order valence-electron chi connectivity index (χ4n) is 1.79. The molecule has 0 aliphatic rings. The number of nitrogens with one attached hydrogen (secondary N) is 1. The summed E-state index contributed by atoms with van der Waals surface area (Å²) < 4.78 is 29.0. The van der Waals surface area contributed by atoms with Gasteiger partial charge in [-0.15, -0.1) is 0 Å². The topological polar surface area (TPSA) is 41.5 Å². The van der Waals surface area contributed by atoms with E-state index in [-0.39, 0.29) is 18.3 Å². The molecule has 6 heteroatoms. The summed E-state index contributed by atoms with van der Waals surface area (Å²) in [5.74, 6) is 0.418. The van der Waals surface area contributed by atoms with Gasteiger partial charge in [0.05, 0.1) is 0 Å². The summed E-state index contributed by atoms with van der Waals surface area (Å²) in [6, 6.07) is 4.58. The van der Waals surface area contributed by atoms with Crippen molar-refractivity contribution in [1.29, 1.82) is 0 Å². The van der Waals surface area contributed by atoms with E-state index in [0.717, 1.165) is 19.4 Å². The van der Waals surface area contributed by atoms with E-state index in [1.165, 1.54) is 12.1 Å². The van der Waals surface area contributed by atoms with Gasteiger partial charge >= 0.3 is 6.61 Å². The zero-order chi connectivity index (χ0) is 15.0. The highest BCUT2D eigenvalue weighted by Crippen LogP contribution is 2.24. The lowest BCUT2D eigenvalue weighted by molar-refractivity contribution is -0.0504. The van der Waals surface area contributed by atoms with Crippen LogP contribution in [0.5, 0.6) is 5.75 Å². The van der Waals surface area contributed by atoms with Crippen LogP contribution in [0.25, 0.3) is 0 Å². The molecule has 1 unspecified atom stereocenters. The predicted octanol–water partition coefficient (Wildman–Crippen LogP) is 3.44. The van der Waals surface area contributed by atoms with Gasteiger partial charge in [-0.2, -0.15) is 8.78 Å². The molecule has 1 aromatic rings. The Kier molecular flexibility index (Phi) is 7.80. The zero-order valence-electron chi connectivity index (χ0n) is 11.4. The van der Waals surface area contributed by atoms with Crippen molar-refractivity contribution < 1.29 is 18.6 Å². The Labute approximate surface area is 122 Å².